The summed E-state index contributed by atoms with van der Waals surface area (Å²) in [5, 5.41) is 2.55. The number of halogens is 2. The van der Waals surface area contributed by atoms with E-state index in [-0.39, 0.29) is 22.3 Å². The Bertz CT molecular complexity index is 1120. The van der Waals surface area contributed by atoms with Crippen LogP contribution in [-0.4, -0.2) is 20.7 Å². The predicted molar refractivity (Wildman–Crippen MR) is 111 cm³/mol. The van der Waals surface area contributed by atoms with Crippen molar-refractivity contribution in [3.63, 3.8) is 0 Å². The number of amides is 1. The summed E-state index contributed by atoms with van der Waals surface area (Å²) in [5.74, 6) is -2.32. The second-order valence-corrected chi connectivity index (χ2v) is 9.69. The number of nitrogens with one attached hydrogen (secondary N) is 3. The van der Waals surface area contributed by atoms with E-state index in [0.29, 0.717) is 11.5 Å². The van der Waals surface area contributed by atoms with Crippen molar-refractivity contribution < 1.29 is 17.8 Å². The standard InChI is InChI=1S/C21H24F2N4O2S/c1-27-12-19-15(20(27)21(28)25-14-7-9-16(22)17(23)11-14)8-10-18(26-30(19,24)29)13-5-3-2-4-6-13/h7-13,18H,2-6H2,1H3,(H,25,28)(H2,24,26,29)/t18-,30?/m0/s1. The maximum absolute atomic E-state index is 13.5. The molecule has 1 fully saturated rings. The van der Waals surface area contributed by atoms with Crippen molar-refractivity contribution in [2.24, 2.45) is 13.0 Å². The summed E-state index contributed by atoms with van der Waals surface area (Å²) < 4.78 is 52.8. The molecule has 1 aromatic heterocycles. The fourth-order valence-electron chi connectivity index (χ4n) is 4.29. The molecule has 2 aromatic rings. The Balaban J connectivity index is 1.68. The van der Waals surface area contributed by atoms with Crippen molar-refractivity contribution in [1.82, 2.24) is 9.29 Å². The molecule has 30 heavy (non-hydrogen) atoms. The van der Waals surface area contributed by atoms with Crippen molar-refractivity contribution in [3.05, 3.63) is 53.4 Å². The molecule has 3 N–H and O–H groups in total. The van der Waals surface area contributed by atoms with Crippen LogP contribution in [0.4, 0.5) is 14.5 Å². The zero-order valence-corrected chi connectivity index (χ0v) is 17.4. The van der Waals surface area contributed by atoms with Crippen LogP contribution in [0.5, 0.6) is 0 Å². The Morgan fingerprint density at radius 1 is 1.23 bits per heavy atom. The summed E-state index contributed by atoms with van der Waals surface area (Å²) in [6.45, 7) is 0. The van der Waals surface area contributed by atoms with Crippen LogP contribution in [0.1, 0.15) is 48.2 Å². The first-order chi connectivity index (χ1) is 14.3. The van der Waals surface area contributed by atoms with E-state index < -0.39 is 27.5 Å². The molecule has 0 bridgehead atoms. The van der Waals surface area contributed by atoms with E-state index in [0.717, 1.165) is 37.8 Å². The number of hydrogen-bond donors (Lipinski definition) is 3. The van der Waals surface area contributed by atoms with Gasteiger partial charge in [-0.2, -0.15) is 0 Å². The molecule has 1 aromatic carbocycles. The van der Waals surface area contributed by atoms with Gasteiger partial charge in [0.15, 0.2) is 11.6 Å². The smallest absolute Gasteiger partial charge is 0.272 e. The van der Waals surface area contributed by atoms with Crippen LogP contribution in [0.15, 0.2) is 35.4 Å². The van der Waals surface area contributed by atoms with Crippen molar-refractivity contribution in [3.8, 4) is 0 Å². The minimum Gasteiger partial charge on any atom is -0.345 e. The molecule has 0 radical (unpaired) electrons. The lowest BCUT2D eigenvalue weighted by Gasteiger charge is -2.28. The van der Waals surface area contributed by atoms with Crippen molar-refractivity contribution in [2.45, 2.75) is 43.0 Å². The number of rotatable bonds is 3. The fraction of sp³-hybridized carbons (Fsp3) is 0.381. The predicted octanol–water partition coefficient (Wildman–Crippen LogP) is 4.44. The van der Waals surface area contributed by atoms with Gasteiger partial charge in [-0.05, 0) is 30.9 Å². The summed E-state index contributed by atoms with van der Waals surface area (Å²) in [6, 6.07) is 2.90. The molecule has 0 spiro atoms. The van der Waals surface area contributed by atoms with Crippen LogP contribution >= 0.6 is 0 Å². The van der Waals surface area contributed by atoms with Gasteiger partial charge in [-0.15, -0.1) is 0 Å². The van der Waals surface area contributed by atoms with Crippen LogP contribution in [0.2, 0.25) is 0 Å². The lowest BCUT2D eigenvalue weighted by atomic mass is 9.84. The lowest BCUT2D eigenvalue weighted by molar-refractivity contribution is 0.101. The number of nitrogens with zero attached hydrogens (tertiary/aromatic N) is 1. The summed E-state index contributed by atoms with van der Waals surface area (Å²) in [7, 11) is -1.70. The molecular weight excluding hydrogens is 410 g/mol. The Hall–Kier alpha value is -2.52. The molecule has 160 valence electrons. The third kappa shape index (κ3) is 3.91. The first kappa shape index (κ1) is 20.7. The van der Waals surface area contributed by atoms with E-state index in [1.54, 1.807) is 13.1 Å². The molecule has 1 saturated carbocycles. The summed E-state index contributed by atoms with van der Waals surface area (Å²) in [4.78, 5) is 13.2. The monoisotopic (exact) mass is 434 g/mol. The maximum Gasteiger partial charge on any atom is 0.272 e. The van der Waals surface area contributed by atoms with Crippen LogP contribution in [-0.2, 0) is 17.0 Å². The quantitative estimate of drug-likeness (QED) is 0.667. The van der Waals surface area contributed by atoms with Gasteiger partial charge in [0.2, 0.25) is 0 Å². The molecule has 2 heterocycles. The SMILES string of the molecule is Cn1cc2c(c1C(=O)Nc1ccc(F)c(F)c1)C=C[C@@H](C1CCCCC1)NS2(=N)=O. The van der Waals surface area contributed by atoms with E-state index in [9.17, 15) is 17.8 Å². The number of aryl methyl sites for hydroxylation is 1. The zero-order valence-electron chi connectivity index (χ0n) is 16.6. The summed E-state index contributed by atoms with van der Waals surface area (Å²) in [5.41, 5.74) is 0.719. The lowest BCUT2D eigenvalue weighted by Crippen LogP contribution is -2.38. The van der Waals surface area contributed by atoms with Crippen LogP contribution in [0, 0.1) is 22.3 Å². The van der Waals surface area contributed by atoms with Gasteiger partial charge in [0, 0.05) is 36.6 Å². The van der Waals surface area contributed by atoms with Gasteiger partial charge in [0.25, 0.3) is 5.91 Å². The maximum atomic E-state index is 13.5. The number of fused-ring (bicyclic) bond motifs is 1. The second kappa shape index (κ2) is 7.96. The number of hydrogen-bond acceptors (Lipinski definition) is 3. The Morgan fingerprint density at radius 2 is 1.97 bits per heavy atom. The van der Waals surface area contributed by atoms with E-state index in [4.69, 9.17) is 4.78 Å². The van der Waals surface area contributed by atoms with Gasteiger partial charge >= 0.3 is 0 Å². The highest BCUT2D eigenvalue weighted by Gasteiger charge is 2.31. The topological polar surface area (TPSA) is 87.0 Å². The summed E-state index contributed by atoms with van der Waals surface area (Å²) >= 11 is 0. The first-order valence-corrected chi connectivity index (χ1v) is 11.5. The Labute approximate surface area is 174 Å². The van der Waals surface area contributed by atoms with Crippen LogP contribution < -0.4 is 10.0 Å². The third-order valence-corrected chi connectivity index (χ3v) is 7.37. The molecule has 9 heteroatoms. The van der Waals surface area contributed by atoms with Gasteiger partial charge in [-0.25, -0.2) is 22.5 Å². The third-order valence-electron chi connectivity index (χ3n) is 5.82. The fourth-order valence-corrected chi connectivity index (χ4v) is 5.86. The normalized spacial score (nSPS) is 24.3. The largest absolute Gasteiger partial charge is 0.345 e. The highest BCUT2D eigenvalue weighted by molar-refractivity contribution is 7.90. The molecule has 0 saturated heterocycles. The Morgan fingerprint density at radius 3 is 2.67 bits per heavy atom. The molecule has 1 amide bonds. The second-order valence-electron chi connectivity index (χ2n) is 7.91. The summed E-state index contributed by atoms with van der Waals surface area (Å²) in [6.07, 6.45) is 10.6. The number of carbonyl (C=O) groups excluding carboxylic acids is 1. The molecule has 2 aliphatic rings. The molecule has 2 atom stereocenters. The van der Waals surface area contributed by atoms with Crippen molar-refractivity contribution in [1.29, 1.82) is 4.78 Å². The van der Waals surface area contributed by atoms with Crippen molar-refractivity contribution >= 4 is 27.6 Å². The van der Waals surface area contributed by atoms with Gasteiger partial charge in [-0.3, -0.25) is 4.79 Å². The van der Waals surface area contributed by atoms with Gasteiger partial charge in [-0.1, -0.05) is 31.4 Å². The highest BCUT2D eigenvalue weighted by Crippen LogP contribution is 2.33. The van der Waals surface area contributed by atoms with Gasteiger partial charge < -0.3 is 9.88 Å². The van der Waals surface area contributed by atoms with E-state index in [1.165, 1.54) is 23.3 Å². The van der Waals surface area contributed by atoms with Gasteiger partial charge in [0.05, 0.1) is 4.90 Å². The van der Waals surface area contributed by atoms with E-state index >= 15 is 0 Å². The molecule has 1 aliphatic heterocycles. The number of aromatic nitrogens is 1. The van der Waals surface area contributed by atoms with Crippen molar-refractivity contribution in [2.75, 3.05) is 5.32 Å². The minimum atomic E-state index is -3.32. The van der Waals surface area contributed by atoms with Crippen LogP contribution in [0.3, 0.4) is 0 Å². The number of benzene rings is 1. The Kier molecular flexibility index (Phi) is 5.50. The zero-order chi connectivity index (χ0) is 21.5. The molecule has 1 unspecified atom stereocenters. The van der Waals surface area contributed by atoms with E-state index in [2.05, 4.69) is 10.0 Å². The van der Waals surface area contributed by atoms with E-state index in [1.807, 2.05) is 6.08 Å². The molecule has 1 aliphatic carbocycles. The average molecular weight is 435 g/mol. The van der Waals surface area contributed by atoms with Gasteiger partial charge in [0.1, 0.15) is 15.6 Å². The molecular formula is C21H24F2N4O2S. The highest BCUT2D eigenvalue weighted by atomic mass is 32.2. The molecule has 6 nitrogen and oxygen atoms in total. The first-order valence-electron chi connectivity index (χ1n) is 9.96. The molecule has 4 rings (SSSR count). The minimum absolute atomic E-state index is 0.108. The van der Waals surface area contributed by atoms with Crippen LogP contribution in [0.25, 0.3) is 6.08 Å². The number of carbonyl (C=O) groups is 1. The number of anilines is 1. The average Bonchev–Trinajstić information content (AvgIpc) is 2.99.